The average Bonchev–Trinajstić information content (AvgIpc) is 2.27. The molecule has 0 radical (unpaired) electrons. The van der Waals surface area contributed by atoms with Gasteiger partial charge in [-0.05, 0) is 52.4 Å². The molecule has 1 N–H and O–H groups in total. The topological polar surface area (TPSA) is 55.4 Å². The first-order valence-corrected chi connectivity index (χ1v) is 7.10. The van der Waals surface area contributed by atoms with E-state index in [0.717, 1.165) is 32.0 Å². The third-order valence-corrected chi connectivity index (χ3v) is 3.80. The number of carbonyl (C=O) groups excluding carboxylic acids is 2. The normalized spacial score (nSPS) is 24.7. The molecule has 0 heterocycles. The molecule has 19 heavy (non-hydrogen) atoms. The minimum Gasteiger partial charge on any atom is -0.444 e. The van der Waals surface area contributed by atoms with E-state index in [9.17, 15) is 9.59 Å². The lowest BCUT2D eigenvalue weighted by Gasteiger charge is -2.36. The third kappa shape index (κ3) is 5.21. The molecule has 0 saturated heterocycles. The Morgan fingerprint density at radius 3 is 2.05 bits per heavy atom. The van der Waals surface area contributed by atoms with Gasteiger partial charge >= 0.3 is 6.09 Å². The maximum Gasteiger partial charge on any atom is 0.407 e. The summed E-state index contributed by atoms with van der Waals surface area (Å²) in [6.07, 6.45) is 4.51. The van der Waals surface area contributed by atoms with Crippen LogP contribution >= 0.6 is 0 Å². The number of nitrogens with one attached hydrogen (secondary N) is 1. The molecule has 0 aliphatic heterocycles. The molecule has 1 amide bonds. The molecule has 1 saturated carbocycles. The van der Waals surface area contributed by atoms with Crippen LogP contribution in [0.1, 0.15) is 60.3 Å². The molecule has 0 bridgehead atoms. The summed E-state index contributed by atoms with van der Waals surface area (Å²) in [5, 5.41) is 2.92. The number of aldehydes is 1. The van der Waals surface area contributed by atoms with Gasteiger partial charge in [-0.3, -0.25) is 0 Å². The molecule has 4 nitrogen and oxygen atoms in total. The van der Waals surface area contributed by atoms with Gasteiger partial charge in [0, 0.05) is 11.5 Å². The number of ether oxygens (including phenoxy) is 1. The Morgan fingerprint density at radius 1 is 1.11 bits per heavy atom. The van der Waals surface area contributed by atoms with E-state index in [1.807, 2.05) is 34.6 Å². The van der Waals surface area contributed by atoms with Crippen molar-refractivity contribution in [3.8, 4) is 0 Å². The van der Waals surface area contributed by atoms with E-state index < -0.39 is 5.60 Å². The van der Waals surface area contributed by atoms with Crippen LogP contribution < -0.4 is 5.32 Å². The summed E-state index contributed by atoms with van der Waals surface area (Å²) in [5.41, 5.74) is -0.711. The van der Waals surface area contributed by atoms with Gasteiger partial charge in [-0.1, -0.05) is 13.8 Å². The van der Waals surface area contributed by atoms with Gasteiger partial charge in [-0.2, -0.15) is 0 Å². The highest BCUT2D eigenvalue weighted by Gasteiger charge is 2.33. The summed E-state index contributed by atoms with van der Waals surface area (Å²) in [6.45, 7) is 9.56. The SMILES string of the molecule is CC(C)(C)OC(=O)NC1CCC(C(C)(C)C=O)CC1. The summed E-state index contributed by atoms with van der Waals surface area (Å²) in [6, 6.07) is 0.175. The van der Waals surface area contributed by atoms with Crippen molar-refractivity contribution in [3.63, 3.8) is 0 Å². The molecule has 110 valence electrons. The van der Waals surface area contributed by atoms with Crippen LogP contribution in [0.2, 0.25) is 0 Å². The first kappa shape index (κ1) is 16.0. The molecule has 4 heteroatoms. The van der Waals surface area contributed by atoms with E-state index in [1.54, 1.807) is 0 Å². The number of hydrogen-bond acceptors (Lipinski definition) is 3. The Balaban J connectivity index is 2.39. The highest BCUT2D eigenvalue weighted by Crippen LogP contribution is 2.36. The van der Waals surface area contributed by atoms with Gasteiger partial charge in [-0.15, -0.1) is 0 Å². The Hall–Kier alpha value is -1.06. The maximum atomic E-state index is 11.7. The van der Waals surface area contributed by atoms with Gasteiger partial charge in [0.15, 0.2) is 0 Å². The molecule has 0 atom stereocenters. The molecule has 0 aromatic heterocycles. The van der Waals surface area contributed by atoms with Crippen LogP contribution in [0.15, 0.2) is 0 Å². The number of amides is 1. The first-order chi connectivity index (χ1) is 8.64. The van der Waals surface area contributed by atoms with Gasteiger partial charge in [0.05, 0.1) is 0 Å². The fourth-order valence-electron chi connectivity index (χ4n) is 2.55. The van der Waals surface area contributed by atoms with Crippen LogP contribution in [0.5, 0.6) is 0 Å². The monoisotopic (exact) mass is 269 g/mol. The smallest absolute Gasteiger partial charge is 0.407 e. The second-order valence-corrected chi connectivity index (χ2v) is 7.13. The highest BCUT2D eigenvalue weighted by molar-refractivity contribution is 5.68. The van der Waals surface area contributed by atoms with Crippen molar-refractivity contribution in [3.05, 3.63) is 0 Å². The summed E-state index contributed by atoms with van der Waals surface area (Å²) in [5.74, 6) is 0.418. The molecule has 1 rings (SSSR count). The van der Waals surface area contributed by atoms with Crippen LogP contribution in [-0.4, -0.2) is 24.0 Å². The van der Waals surface area contributed by atoms with E-state index in [1.165, 1.54) is 0 Å². The Morgan fingerprint density at radius 2 is 1.63 bits per heavy atom. The summed E-state index contributed by atoms with van der Waals surface area (Å²) in [7, 11) is 0. The Labute approximate surface area is 116 Å². The van der Waals surface area contributed by atoms with Gasteiger partial charge in [0.25, 0.3) is 0 Å². The van der Waals surface area contributed by atoms with Crippen LogP contribution in [0.4, 0.5) is 4.79 Å². The van der Waals surface area contributed by atoms with E-state index >= 15 is 0 Å². The van der Waals surface area contributed by atoms with Crippen molar-refractivity contribution in [2.45, 2.75) is 71.9 Å². The van der Waals surface area contributed by atoms with Crippen molar-refractivity contribution in [1.29, 1.82) is 0 Å². The lowest BCUT2D eigenvalue weighted by atomic mass is 9.71. The first-order valence-electron chi connectivity index (χ1n) is 7.10. The van der Waals surface area contributed by atoms with Crippen LogP contribution in [0.25, 0.3) is 0 Å². The van der Waals surface area contributed by atoms with Gasteiger partial charge in [0.1, 0.15) is 11.9 Å². The zero-order valence-corrected chi connectivity index (χ0v) is 12.8. The molecular weight excluding hydrogens is 242 g/mol. The van der Waals surface area contributed by atoms with Crippen molar-refractivity contribution >= 4 is 12.4 Å². The van der Waals surface area contributed by atoms with E-state index in [0.29, 0.717) is 5.92 Å². The zero-order chi connectivity index (χ0) is 14.7. The Kier molecular flexibility index (Phi) is 4.99. The fraction of sp³-hybridized carbons (Fsp3) is 0.867. The standard InChI is InChI=1S/C15H27NO3/c1-14(2,3)19-13(18)16-12-8-6-11(7-9-12)15(4,5)10-17/h10-12H,6-9H2,1-5H3,(H,16,18). The van der Waals surface area contributed by atoms with Crippen molar-refractivity contribution < 1.29 is 14.3 Å². The molecular formula is C15H27NO3. The minimum absolute atomic E-state index is 0.175. The molecule has 0 aromatic carbocycles. The predicted molar refractivity (Wildman–Crippen MR) is 75.0 cm³/mol. The molecule has 1 aliphatic rings. The minimum atomic E-state index is -0.458. The number of carbonyl (C=O) groups is 2. The maximum absolute atomic E-state index is 11.7. The lowest BCUT2D eigenvalue weighted by Crippen LogP contribution is -2.42. The summed E-state index contributed by atoms with van der Waals surface area (Å²) >= 11 is 0. The quantitative estimate of drug-likeness (QED) is 0.800. The Bertz CT molecular complexity index is 323. The lowest BCUT2D eigenvalue weighted by molar-refractivity contribution is -0.117. The van der Waals surface area contributed by atoms with Crippen molar-refractivity contribution in [2.24, 2.45) is 11.3 Å². The highest BCUT2D eigenvalue weighted by atomic mass is 16.6. The van der Waals surface area contributed by atoms with Gasteiger partial charge in [-0.25, -0.2) is 4.79 Å². The predicted octanol–water partition coefficient (Wildman–Crippen LogP) is 3.30. The van der Waals surface area contributed by atoms with Gasteiger partial charge < -0.3 is 14.8 Å². The third-order valence-electron chi connectivity index (χ3n) is 3.80. The summed E-state index contributed by atoms with van der Waals surface area (Å²) in [4.78, 5) is 22.7. The second kappa shape index (κ2) is 5.93. The van der Waals surface area contributed by atoms with E-state index in [4.69, 9.17) is 4.74 Å². The molecule has 0 unspecified atom stereocenters. The second-order valence-electron chi connectivity index (χ2n) is 7.13. The van der Waals surface area contributed by atoms with Crippen molar-refractivity contribution in [2.75, 3.05) is 0 Å². The van der Waals surface area contributed by atoms with E-state index in [-0.39, 0.29) is 17.6 Å². The molecule has 0 spiro atoms. The van der Waals surface area contributed by atoms with Gasteiger partial charge in [0.2, 0.25) is 0 Å². The van der Waals surface area contributed by atoms with Crippen LogP contribution in [0.3, 0.4) is 0 Å². The largest absolute Gasteiger partial charge is 0.444 e. The van der Waals surface area contributed by atoms with Crippen molar-refractivity contribution in [1.82, 2.24) is 5.32 Å². The number of hydrogen-bond donors (Lipinski definition) is 1. The number of rotatable bonds is 3. The van der Waals surface area contributed by atoms with E-state index in [2.05, 4.69) is 5.32 Å². The zero-order valence-electron chi connectivity index (χ0n) is 12.8. The molecule has 1 aliphatic carbocycles. The van der Waals surface area contributed by atoms with Crippen LogP contribution in [-0.2, 0) is 9.53 Å². The average molecular weight is 269 g/mol. The molecule has 1 fully saturated rings. The summed E-state index contributed by atoms with van der Waals surface area (Å²) < 4.78 is 5.25. The van der Waals surface area contributed by atoms with Crippen LogP contribution in [0, 0.1) is 11.3 Å². The molecule has 0 aromatic rings. The fourth-order valence-corrected chi connectivity index (χ4v) is 2.55. The number of alkyl carbamates (subject to hydrolysis) is 1.